The first-order chi connectivity index (χ1) is 16.9. The van der Waals surface area contributed by atoms with Gasteiger partial charge in [-0.25, -0.2) is 0 Å². The van der Waals surface area contributed by atoms with Crippen molar-refractivity contribution >= 4 is 29.1 Å². The Morgan fingerprint density at radius 3 is 2.37 bits per heavy atom. The number of nitrogens with one attached hydrogen (secondary N) is 1. The van der Waals surface area contributed by atoms with E-state index in [1.807, 2.05) is 36.4 Å². The van der Waals surface area contributed by atoms with Gasteiger partial charge in [-0.1, -0.05) is 47.6 Å². The second kappa shape index (κ2) is 10.2. The van der Waals surface area contributed by atoms with Crippen molar-refractivity contribution in [2.24, 2.45) is 5.16 Å². The average Bonchev–Trinajstić information content (AvgIpc) is 3.28. The van der Waals surface area contributed by atoms with Crippen molar-refractivity contribution in [2.45, 2.75) is 32.0 Å². The highest BCUT2D eigenvalue weighted by Crippen LogP contribution is 2.34. The van der Waals surface area contributed by atoms with Crippen LogP contribution in [0.4, 0.5) is 5.69 Å². The molecule has 0 radical (unpaired) electrons. The third-order valence-corrected chi connectivity index (χ3v) is 5.62. The highest BCUT2D eigenvalue weighted by molar-refractivity contribution is 6.10. The summed E-state index contributed by atoms with van der Waals surface area (Å²) in [6, 6.07) is 23.2. The molecule has 0 aliphatic carbocycles. The molecule has 3 aromatic rings. The summed E-state index contributed by atoms with van der Waals surface area (Å²) in [4.78, 5) is 41.8. The number of hydrogen-bond donors (Lipinski definition) is 2. The number of oxime groups is 1. The van der Waals surface area contributed by atoms with Crippen LogP contribution in [-0.4, -0.2) is 34.1 Å². The summed E-state index contributed by atoms with van der Waals surface area (Å²) in [7, 11) is 0. The highest BCUT2D eigenvalue weighted by atomic mass is 16.7. The molecular formula is C27H24N2O6. The molecule has 0 saturated heterocycles. The Labute approximate surface area is 202 Å². The van der Waals surface area contributed by atoms with E-state index in [1.54, 1.807) is 42.5 Å². The maximum absolute atomic E-state index is 13.2. The molecule has 8 heteroatoms. The van der Waals surface area contributed by atoms with Gasteiger partial charge in [0.05, 0.1) is 12.1 Å². The number of Topliss-reactive ketones (excluding diaryl/α,β-unsaturated/α-hetero) is 1. The topological polar surface area (TPSA) is 114 Å². The largest absolute Gasteiger partial charge is 0.488 e. The van der Waals surface area contributed by atoms with Gasteiger partial charge in [0.15, 0.2) is 5.78 Å². The number of ketones is 1. The van der Waals surface area contributed by atoms with Crippen LogP contribution in [0.1, 0.15) is 41.3 Å². The lowest BCUT2D eigenvalue weighted by Crippen LogP contribution is -2.45. The zero-order chi connectivity index (χ0) is 24.8. The Kier molecular flexibility index (Phi) is 6.91. The molecule has 1 heterocycles. The van der Waals surface area contributed by atoms with Crippen molar-refractivity contribution in [1.29, 1.82) is 0 Å². The normalized spacial score (nSPS) is 16.7. The van der Waals surface area contributed by atoms with Crippen molar-refractivity contribution < 1.29 is 29.1 Å². The first-order valence-electron chi connectivity index (χ1n) is 11.0. The van der Waals surface area contributed by atoms with Gasteiger partial charge < -0.3 is 20.0 Å². The summed E-state index contributed by atoms with van der Waals surface area (Å²) in [6.45, 7) is 1.78. The van der Waals surface area contributed by atoms with Gasteiger partial charge in [0.2, 0.25) is 5.60 Å². The van der Waals surface area contributed by atoms with Crippen molar-refractivity contribution in [1.82, 2.24) is 0 Å². The second-order valence-corrected chi connectivity index (χ2v) is 8.23. The molecule has 3 aromatic carbocycles. The molecular weight excluding hydrogens is 448 g/mol. The first kappa shape index (κ1) is 23.7. The molecule has 0 spiro atoms. The number of carbonyl (C=O) groups excluding carboxylic acids is 2. The predicted octanol–water partition coefficient (Wildman–Crippen LogP) is 4.44. The van der Waals surface area contributed by atoms with Crippen LogP contribution in [0.3, 0.4) is 0 Å². The summed E-state index contributed by atoms with van der Waals surface area (Å²) in [6.07, 6.45) is -0.632. The van der Waals surface area contributed by atoms with E-state index in [4.69, 9.17) is 9.57 Å². The SMILES string of the molecule is CC(=O)c1ccc(NC(=O)C2(CC(=O)O)CC(c3ccccc3OCc3ccccc3)=NO2)cc1. The van der Waals surface area contributed by atoms with E-state index in [0.29, 0.717) is 34.9 Å². The quantitative estimate of drug-likeness (QED) is 0.445. The molecule has 0 saturated carbocycles. The van der Waals surface area contributed by atoms with Crippen LogP contribution >= 0.6 is 0 Å². The fourth-order valence-electron chi connectivity index (χ4n) is 3.76. The molecule has 178 valence electrons. The fourth-order valence-corrected chi connectivity index (χ4v) is 3.76. The number of aliphatic carboxylic acids is 1. The number of carboxylic acid groups (broad SMARTS) is 1. The molecule has 35 heavy (non-hydrogen) atoms. The lowest BCUT2D eigenvalue weighted by Gasteiger charge is -2.23. The Balaban J connectivity index is 1.53. The number of rotatable bonds is 9. The summed E-state index contributed by atoms with van der Waals surface area (Å²) < 4.78 is 5.99. The Morgan fingerprint density at radius 2 is 1.69 bits per heavy atom. The van der Waals surface area contributed by atoms with E-state index < -0.39 is 23.9 Å². The van der Waals surface area contributed by atoms with Gasteiger partial charge in [-0.15, -0.1) is 0 Å². The number of carboxylic acids is 1. The molecule has 0 aromatic heterocycles. The van der Waals surface area contributed by atoms with Gasteiger partial charge in [-0.3, -0.25) is 14.4 Å². The monoisotopic (exact) mass is 472 g/mol. The highest BCUT2D eigenvalue weighted by Gasteiger charge is 2.49. The molecule has 1 amide bonds. The van der Waals surface area contributed by atoms with E-state index in [9.17, 15) is 19.5 Å². The Hall–Kier alpha value is -4.46. The smallest absolute Gasteiger partial charge is 0.308 e. The van der Waals surface area contributed by atoms with Crippen LogP contribution in [0, 0.1) is 0 Å². The van der Waals surface area contributed by atoms with Gasteiger partial charge in [0.25, 0.3) is 5.91 Å². The average molecular weight is 472 g/mol. The minimum atomic E-state index is -1.73. The van der Waals surface area contributed by atoms with E-state index in [0.717, 1.165) is 5.56 Å². The first-order valence-corrected chi connectivity index (χ1v) is 11.0. The molecule has 1 aliphatic heterocycles. The van der Waals surface area contributed by atoms with Crippen molar-refractivity contribution in [3.63, 3.8) is 0 Å². The number of ether oxygens (including phenoxy) is 1. The van der Waals surface area contributed by atoms with E-state index in [-0.39, 0.29) is 12.2 Å². The molecule has 4 rings (SSSR count). The number of carbonyl (C=O) groups is 3. The van der Waals surface area contributed by atoms with Gasteiger partial charge in [0, 0.05) is 23.2 Å². The summed E-state index contributed by atoms with van der Waals surface area (Å²) in [5, 5.41) is 16.3. The third-order valence-electron chi connectivity index (χ3n) is 5.62. The van der Waals surface area contributed by atoms with Crippen LogP contribution in [-0.2, 0) is 21.0 Å². The number of para-hydroxylation sites is 1. The maximum atomic E-state index is 13.2. The molecule has 8 nitrogen and oxygen atoms in total. The Bertz CT molecular complexity index is 1270. The van der Waals surface area contributed by atoms with Crippen LogP contribution in [0.2, 0.25) is 0 Å². The van der Waals surface area contributed by atoms with E-state index >= 15 is 0 Å². The second-order valence-electron chi connectivity index (χ2n) is 8.23. The number of benzene rings is 3. The Morgan fingerprint density at radius 1 is 1.00 bits per heavy atom. The zero-order valence-electron chi connectivity index (χ0n) is 19.1. The molecule has 0 bridgehead atoms. The molecule has 1 aliphatic rings. The molecule has 1 unspecified atom stereocenters. The van der Waals surface area contributed by atoms with Gasteiger partial charge in [0.1, 0.15) is 12.4 Å². The lowest BCUT2D eigenvalue weighted by atomic mass is 9.89. The van der Waals surface area contributed by atoms with Crippen molar-refractivity contribution in [3.05, 3.63) is 95.6 Å². The van der Waals surface area contributed by atoms with Crippen LogP contribution in [0.5, 0.6) is 5.75 Å². The lowest BCUT2D eigenvalue weighted by molar-refractivity contribution is -0.152. The zero-order valence-corrected chi connectivity index (χ0v) is 19.1. The molecule has 2 N–H and O–H groups in total. The van der Waals surface area contributed by atoms with E-state index in [1.165, 1.54) is 6.92 Å². The van der Waals surface area contributed by atoms with E-state index in [2.05, 4.69) is 10.5 Å². The van der Waals surface area contributed by atoms with Crippen molar-refractivity contribution in [3.8, 4) is 5.75 Å². The van der Waals surface area contributed by atoms with Gasteiger partial charge >= 0.3 is 5.97 Å². The third kappa shape index (κ3) is 5.55. The van der Waals surface area contributed by atoms with Gasteiger partial charge in [-0.05, 0) is 48.9 Å². The molecule has 1 atom stereocenters. The van der Waals surface area contributed by atoms with Crippen LogP contribution < -0.4 is 10.1 Å². The number of amides is 1. The minimum Gasteiger partial charge on any atom is -0.488 e. The summed E-state index contributed by atoms with van der Waals surface area (Å²) in [5.74, 6) is -1.39. The maximum Gasteiger partial charge on any atom is 0.308 e. The van der Waals surface area contributed by atoms with Gasteiger partial charge in [-0.2, -0.15) is 0 Å². The summed E-state index contributed by atoms with van der Waals surface area (Å²) >= 11 is 0. The molecule has 0 fully saturated rings. The fraction of sp³-hybridized carbons (Fsp3) is 0.185. The van der Waals surface area contributed by atoms with Crippen LogP contribution in [0.15, 0.2) is 84.0 Å². The predicted molar refractivity (Wildman–Crippen MR) is 130 cm³/mol. The number of anilines is 1. The minimum absolute atomic E-state index is 0.0532. The number of nitrogens with zero attached hydrogens (tertiary/aromatic N) is 1. The van der Waals surface area contributed by atoms with Crippen molar-refractivity contribution in [2.75, 3.05) is 5.32 Å². The summed E-state index contributed by atoms with van der Waals surface area (Å²) in [5.41, 5.74) is 1.20. The number of hydrogen-bond acceptors (Lipinski definition) is 6. The standard InChI is InChI=1S/C27H24N2O6/c1-18(30)20-11-13-21(14-12-20)28-26(33)27(16-25(31)32)15-23(29-35-27)22-9-5-6-10-24(22)34-17-19-7-3-2-4-8-19/h2-14H,15-17H2,1H3,(H,28,33)(H,31,32). The van der Waals surface area contributed by atoms with Crippen LogP contribution in [0.25, 0.3) is 0 Å².